The lowest BCUT2D eigenvalue weighted by atomic mass is 10.1. The van der Waals surface area contributed by atoms with Crippen LogP contribution in [-0.4, -0.2) is 54.0 Å². The number of aromatic nitrogens is 6. The average molecular weight is 561 g/mol. The largest absolute Gasteiger partial charge is 0.340 e. The topological polar surface area (TPSA) is 103 Å². The van der Waals surface area contributed by atoms with Crippen molar-refractivity contribution < 1.29 is 0 Å². The molecule has 3 aromatic heterocycles. The highest BCUT2D eigenvalue weighted by Gasteiger charge is 2.27. The summed E-state index contributed by atoms with van der Waals surface area (Å²) in [6.45, 7) is 5.31. The van der Waals surface area contributed by atoms with E-state index < -0.39 is 11.2 Å². The molecule has 0 bridgehead atoms. The Balaban J connectivity index is 1.41. The molecule has 1 atom stereocenters. The normalized spacial score (nSPS) is 15.4. The van der Waals surface area contributed by atoms with E-state index in [1.807, 2.05) is 72.3 Å². The predicted octanol–water partition coefficient (Wildman–Crippen LogP) is 3.31. The first-order valence-corrected chi connectivity index (χ1v) is 14.1. The molecule has 1 aliphatic heterocycles. The molecule has 42 heavy (non-hydrogen) atoms. The van der Waals surface area contributed by atoms with Crippen LogP contribution in [0.2, 0.25) is 0 Å². The SMILES string of the molecule is CC#CCn1c(N2CCCC(N=Cc3ccccc3)C2)nc2c1c(=O)n(Cc1nc(C)c3ccccc3n1)c(=O)n2C. The number of imidazole rings is 1. The number of piperidine rings is 1. The molecule has 10 nitrogen and oxygen atoms in total. The van der Waals surface area contributed by atoms with Gasteiger partial charge >= 0.3 is 5.69 Å². The Kier molecular flexibility index (Phi) is 7.40. The van der Waals surface area contributed by atoms with Gasteiger partial charge < -0.3 is 4.90 Å². The summed E-state index contributed by atoms with van der Waals surface area (Å²) in [4.78, 5) is 48.6. The number of para-hydroxylation sites is 1. The molecule has 1 saturated heterocycles. The van der Waals surface area contributed by atoms with E-state index in [1.165, 1.54) is 9.13 Å². The Bertz CT molecular complexity index is 1990. The molecule has 2 aromatic carbocycles. The summed E-state index contributed by atoms with van der Waals surface area (Å²) in [5.74, 6) is 7.05. The highest BCUT2D eigenvalue weighted by Crippen LogP contribution is 2.24. The summed E-state index contributed by atoms with van der Waals surface area (Å²) in [5, 5.41) is 0.936. The first-order chi connectivity index (χ1) is 20.4. The first-order valence-electron chi connectivity index (χ1n) is 14.1. The monoisotopic (exact) mass is 560 g/mol. The van der Waals surface area contributed by atoms with Gasteiger partial charge in [0, 0.05) is 37.4 Å². The number of rotatable bonds is 6. The second-order valence-corrected chi connectivity index (χ2v) is 10.5. The number of benzene rings is 2. The maximum atomic E-state index is 14.0. The fraction of sp³-hybridized carbons (Fsp3) is 0.312. The molecule has 212 valence electrons. The molecule has 0 radical (unpaired) electrons. The van der Waals surface area contributed by atoms with Crippen LogP contribution in [0.4, 0.5) is 5.95 Å². The lowest BCUT2D eigenvalue weighted by Crippen LogP contribution is -2.40. The van der Waals surface area contributed by atoms with Crippen molar-refractivity contribution in [2.45, 2.75) is 45.8 Å². The van der Waals surface area contributed by atoms with Crippen LogP contribution in [0.5, 0.6) is 0 Å². The number of aliphatic imine (C=N–C) groups is 1. The molecule has 10 heteroatoms. The van der Waals surface area contributed by atoms with Gasteiger partial charge in [-0.1, -0.05) is 54.5 Å². The third-order valence-electron chi connectivity index (χ3n) is 7.68. The lowest BCUT2D eigenvalue weighted by Gasteiger charge is -2.31. The molecule has 1 fully saturated rings. The Hall–Kier alpha value is -5.04. The molecule has 0 spiro atoms. The van der Waals surface area contributed by atoms with Crippen LogP contribution in [0, 0.1) is 18.8 Å². The molecule has 0 N–H and O–H groups in total. The second-order valence-electron chi connectivity index (χ2n) is 10.5. The molecular formula is C32H32N8O2. The zero-order chi connectivity index (χ0) is 29.2. The minimum atomic E-state index is -0.469. The molecule has 5 aromatic rings. The summed E-state index contributed by atoms with van der Waals surface area (Å²) in [6.07, 6.45) is 3.81. The van der Waals surface area contributed by atoms with Gasteiger partial charge in [0.15, 0.2) is 11.2 Å². The molecule has 0 amide bonds. The van der Waals surface area contributed by atoms with Gasteiger partial charge in [0.2, 0.25) is 5.95 Å². The lowest BCUT2D eigenvalue weighted by molar-refractivity contribution is 0.499. The number of hydrogen-bond acceptors (Lipinski definition) is 7. The molecule has 1 unspecified atom stereocenters. The standard InChI is InChI=1S/C32H32N8O2/c1-4-5-18-39-28-29(36-31(39)38-17-11-14-24(20-38)33-19-23-12-7-6-8-13-23)37(3)32(42)40(30(28)41)21-27-34-22(2)25-15-9-10-16-26(25)35-27/h6-10,12-13,15-16,19,24H,11,14,17-18,20-21H2,1-3H3. The average Bonchev–Trinajstić information content (AvgIpc) is 3.40. The van der Waals surface area contributed by atoms with Crippen LogP contribution in [0.3, 0.4) is 0 Å². The van der Waals surface area contributed by atoms with E-state index in [1.54, 1.807) is 14.0 Å². The zero-order valence-electron chi connectivity index (χ0n) is 24.0. The zero-order valence-corrected chi connectivity index (χ0v) is 24.0. The summed E-state index contributed by atoms with van der Waals surface area (Å²) in [5.41, 5.74) is 2.38. The summed E-state index contributed by atoms with van der Waals surface area (Å²) >= 11 is 0. The van der Waals surface area contributed by atoms with Crippen molar-refractivity contribution >= 4 is 34.2 Å². The Morgan fingerprint density at radius 2 is 1.81 bits per heavy atom. The highest BCUT2D eigenvalue weighted by molar-refractivity contribution is 5.81. The highest BCUT2D eigenvalue weighted by atomic mass is 16.2. The Morgan fingerprint density at radius 1 is 1.02 bits per heavy atom. The van der Waals surface area contributed by atoms with Crippen molar-refractivity contribution in [3.05, 3.63) is 92.5 Å². The number of hydrogen-bond donors (Lipinski definition) is 0. The molecule has 0 aliphatic carbocycles. The molecular weight excluding hydrogens is 528 g/mol. The van der Waals surface area contributed by atoms with E-state index in [9.17, 15) is 9.59 Å². The smallest absolute Gasteiger partial charge is 0.332 e. The van der Waals surface area contributed by atoms with Crippen molar-refractivity contribution in [3.8, 4) is 11.8 Å². The third kappa shape index (κ3) is 5.09. The van der Waals surface area contributed by atoms with Crippen LogP contribution in [-0.2, 0) is 20.1 Å². The van der Waals surface area contributed by atoms with Crippen LogP contribution in [0.25, 0.3) is 22.1 Å². The van der Waals surface area contributed by atoms with E-state index >= 15 is 0 Å². The van der Waals surface area contributed by atoms with Gasteiger partial charge in [0.1, 0.15) is 5.82 Å². The maximum Gasteiger partial charge on any atom is 0.332 e. The van der Waals surface area contributed by atoms with Crippen molar-refractivity contribution in [2.24, 2.45) is 12.0 Å². The van der Waals surface area contributed by atoms with E-state index in [0.717, 1.165) is 41.5 Å². The van der Waals surface area contributed by atoms with Gasteiger partial charge in [-0.15, -0.1) is 5.92 Å². The fourth-order valence-electron chi connectivity index (χ4n) is 5.54. The van der Waals surface area contributed by atoms with Gasteiger partial charge in [-0.25, -0.2) is 14.8 Å². The molecule has 6 rings (SSSR count). The van der Waals surface area contributed by atoms with Gasteiger partial charge in [0.05, 0.1) is 24.6 Å². The third-order valence-corrected chi connectivity index (χ3v) is 7.68. The van der Waals surface area contributed by atoms with Crippen LogP contribution >= 0.6 is 0 Å². The first kappa shape index (κ1) is 27.1. The van der Waals surface area contributed by atoms with Crippen molar-refractivity contribution in [1.29, 1.82) is 0 Å². The molecule has 4 heterocycles. The van der Waals surface area contributed by atoms with E-state index in [4.69, 9.17) is 9.98 Å². The quantitative estimate of drug-likeness (QED) is 0.233. The van der Waals surface area contributed by atoms with Gasteiger partial charge in [-0.3, -0.25) is 23.5 Å². The minimum absolute atomic E-state index is 0.0485. The Labute approximate surface area is 243 Å². The number of anilines is 1. The number of fused-ring (bicyclic) bond motifs is 2. The molecule has 0 saturated carbocycles. The van der Waals surface area contributed by atoms with Crippen molar-refractivity contribution in [2.75, 3.05) is 18.0 Å². The fourth-order valence-corrected chi connectivity index (χ4v) is 5.54. The Morgan fingerprint density at radius 3 is 2.62 bits per heavy atom. The van der Waals surface area contributed by atoms with Crippen molar-refractivity contribution in [3.63, 3.8) is 0 Å². The maximum absolute atomic E-state index is 14.0. The minimum Gasteiger partial charge on any atom is -0.340 e. The van der Waals surface area contributed by atoms with E-state index in [0.29, 0.717) is 29.5 Å². The number of nitrogens with zero attached hydrogens (tertiary/aromatic N) is 8. The predicted molar refractivity (Wildman–Crippen MR) is 165 cm³/mol. The van der Waals surface area contributed by atoms with Crippen LogP contribution in [0.1, 0.15) is 36.8 Å². The van der Waals surface area contributed by atoms with Gasteiger partial charge in [0.25, 0.3) is 5.56 Å². The van der Waals surface area contributed by atoms with Gasteiger partial charge in [-0.2, -0.15) is 4.98 Å². The summed E-state index contributed by atoms with van der Waals surface area (Å²) in [6, 6.07) is 17.8. The molecule has 1 aliphatic rings. The summed E-state index contributed by atoms with van der Waals surface area (Å²) < 4.78 is 4.45. The van der Waals surface area contributed by atoms with E-state index in [2.05, 4.69) is 26.7 Å². The van der Waals surface area contributed by atoms with Gasteiger partial charge in [-0.05, 0) is 38.3 Å². The number of aryl methyl sites for hydroxylation is 2. The summed E-state index contributed by atoms with van der Waals surface area (Å²) in [7, 11) is 1.64. The van der Waals surface area contributed by atoms with Crippen molar-refractivity contribution in [1.82, 2.24) is 28.7 Å². The second kappa shape index (κ2) is 11.4. The van der Waals surface area contributed by atoms with E-state index in [-0.39, 0.29) is 19.1 Å². The van der Waals surface area contributed by atoms with Crippen LogP contribution < -0.4 is 16.1 Å². The van der Waals surface area contributed by atoms with Crippen LogP contribution in [0.15, 0.2) is 69.2 Å².